The van der Waals surface area contributed by atoms with Gasteiger partial charge in [0, 0.05) is 11.8 Å². The summed E-state index contributed by atoms with van der Waals surface area (Å²) in [6.07, 6.45) is 1.37. The summed E-state index contributed by atoms with van der Waals surface area (Å²) in [4.78, 5) is 48.8. The Labute approximate surface area is 182 Å². The Morgan fingerprint density at radius 3 is 2.68 bits per heavy atom. The molecular formula is C21H19N3O6S. The number of imide groups is 1. The third-order valence-corrected chi connectivity index (χ3v) is 5.66. The largest absolute Gasteiger partial charge is 0.490 e. The monoisotopic (exact) mass is 441 g/mol. The van der Waals surface area contributed by atoms with E-state index in [0.29, 0.717) is 23.0 Å². The minimum Gasteiger partial charge on any atom is -0.490 e. The van der Waals surface area contributed by atoms with Crippen LogP contribution >= 0.6 is 11.8 Å². The number of nitrogens with one attached hydrogen (secondary N) is 1. The molecule has 9 nitrogen and oxygen atoms in total. The van der Waals surface area contributed by atoms with Gasteiger partial charge in [-0.3, -0.25) is 29.4 Å². The molecule has 1 saturated heterocycles. The van der Waals surface area contributed by atoms with E-state index >= 15 is 0 Å². The third-order valence-electron chi connectivity index (χ3n) is 4.75. The van der Waals surface area contributed by atoms with Crippen LogP contribution in [-0.4, -0.2) is 40.5 Å². The normalized spacial score (nSPS) is 14.8. The van der Waals surface area contributed by atoms with Gasteiger partial charge in [-0.15, -0.1) is 0 Å². The van der Waals surface area contributed by atoms with Gasteiger partial charge in [-0.1, -0.05) is 18.2 Å². The maximum atomic E-state index is 12.6. The van der Waals surface area contributed by atoms with Crippen molar-refractivity contribution in [2.24, 2.45) is 0 Å². The summed E-state index contributed by atoms with van der Waals surface area (Å²) in [5.41, 5.74) is 2.60. The number of thioether (sulfide) groups is 1. The first kappa shape index (κ1) is 22.0. The number of carbonyl (C=O) groups is 3. The third kappa shape index (κ3) is 4.75. The molecule has 1 aliphatic rings. The minimum atomic E-state index is -0.635. The van der Waals surface area contributed by atoms with E-state index in [4.69, 9.17) is 4.74 Å². The number of carbonyl (C=O) groups excluding carboxylic acids is 3. The number of hydrogen-bond acceptors (Lipinski definition) is 7. The topological polar surface area (TPSA) is 119 Å². The number of nitro benzene ring substituents is 1. The fraction of sp³-hybridized carbons (Fsp3) is 0.190. The standard InChI is InChI=1S/C21H19N3O6S/c1-12-5-4-6-15(13(12)2)22-19(25)11-23-20(26)18(31-21(23)27)10-14-7-8-17(30-3)16(9-14)24(28)29/h4-10H,11H2,1-3H3,(H,22,25)/b18-10+. The van der Waals surface area contributed by atoms with Crippen molar-refractivity contribution in [1.29, 1.82) is 0 Å². The van der Waals surface area contributed by atoms with Gasteiger partial charge in [0.2, 0.25) is 5.91 Å². The van der Waals surface area contributed by atoms with Crippen LogP contribution in [0.2, 0.25) is 0 Å². The first-order chi connectivity index (χ1) is 14.7. The van der Waals surface area contributed by atoms with Crippen molar-refractivity contribution in [2.75, 3.05) is 19.0 Å². The van der Waals surface area contributed by atoms with Gasteiger partial charge in [0.1, 0.15) is 6.54 Å². The summed E-state index contributed by atoms with van der Waals surface area (Å²) < 4.78 is 4.95. The lowest BCUT2D eigenvalue weighted by Crippen LogP contribution is -2.36. The van der Waals surface area contributed by atoms with E-state index in [1.54, 1.807) is 12.1 Å². The molecule has 160 valence electrons. The molecule has 10 heteroatoms. The van der Waals surface area contributed by atoms with E-state index in [9.17, 15) is 24.5 Å². The molecule has 0 atom stereocenters. The highest BCUT2D eigenvalue weighted by molar-refractivity contribution is 8.18. The molecule has 0 spiro atoms. The van der Waals surface area contributed by atoms with Crippen LogP contribution in [0.25, 0.3) is 6.08 Å². The lowest BCUT2D eigenvalue weighted by atomic mass is 10.1. The molecule has 0 radical (unpaired) electrons. The second kappa shape index (κ2) is 9.00. The lowest BCUT2D eigenvalue weighted by Gasteiger charge is -2.14. The first-order valence-corrected chi connectivity index (χ1v) is 9.96. The molecule has 1 heterocycles. The second-order valence-electron chi connectivity index (χ2n) is 6.75. The number of nitro groups is 1. The highest BCUT2D eigenvalue weighted by atomic mass is 32.2. The molecule has 1 aliphatic heterocycles. The smallest absolute Gasteiger partial charge is 0.311 e. The average Bonchev–Trinajstić information content (AvgIpc) is 2.98. The van der Waals surface area contributed by atoms with Crippen LogP contribution in [0.15, 0.2) is 41.3 Å². The maximum Gasteiger partial charge on any atom is 0.311 e. The molecule has 0 saturated carbocycles. The molecule has 3 amide bonds. The van der Waals surface area contributed by atoms with Gasteiger partial charge in [-0.25, -0.2) is 0 Å². The van der Waals surface area contributed by atoms with Gasteiger partial charge < -0.3 is 10.1 Å². The van der Waals surface area contributed by atoms with Crippen LogP contribution in [0.5, 0.6) is 5.75 Å². The molecule has 1 fully saturated rings. The van der Waals surface area contributed by atoms with Crippen molar-refractivity contribution in [3.8, 4) is 5.75 Å². The van der Waals surface area contributed by atoms with E-state index in [0.717, 1.165) is 16.0 Å². The van der Waals surface area contributed by atoms with Crippen LogP contribution in [0.3, 0.4) is 0 Å². The Morgan fingerprint density at radius 1 is 1.26 bits per heavy atom. The number of anilines is 1. The minimum absolute atomic E-state index is 0.0731. The predicted octanol–water partition coefficient (Wildman–Crippen LogP) is 3.90. The van der Waals surface area contributed by atoms with Gasteiger partial charge in [-0.2, -0.15) is 0 Å². The molecule has 3 rings (SSSR count). The van der Waals surface area contributed by atoms with E-state index < -0.39 is 28.5 Å². The van der Waals surface area contributed by atoms with Crippen molar-refractivity contribution in [3.05, 3.63) is 68.1 Å². The van der Waals surface area contributed by atoms with Crippen LogP contribution in [0.4, 0.5) is 16.2 Å². The fourth-order valence-electron chi connectivity index (χ4n) is 2.95. The first-order valence-electron chi connectivity index (χ1n) is 9.15. The average molecular weight is 441 g/mol. The number of aryl methyl sites for hydroxylation is 1. The molecule has 1 N–H and O–H groups in total. The number of benzene rings is 2. The molecule has 0 aromatic heterocycles. The van der Waals surface area contributed by atoms with Crippen LogP contribution < -0.4 is 10.1 Å². The molecular weight excluding hydrogens is 422 g/mol. The van der Waals surface area contributed by atoms with E-state index in [1.165, 1.54) is 31.4 Å². The Balaban J connectivity index is 1.76. The number of amides is 3. The van der Waals surface area contributed by atoms with E-state index in [-0.39, 0.29) is 16.3 Å². The zero-order chi connectivity index (χ0) is 22.7. The number of methoxy groups -OCH3 is 1. The predicted molar refractivity (Wildman–Crippen MR) is 117 cm³/mol. The lowest BCUT2D eigenvalue weighted by molar-refractivity contribution is -0.385. The number of nitrogens with zero attached hydrogens (tertiary/aromatic N) is 2. The summed E-state index contributed by atoms with van der Waals surface area (Å²) in [5, 5.41) is 13.3. The van der Waals surface area contributed by atoms with E-state index in [2.05, 4.69) is 5.32 Å². The number of ether oxygens (including phenoxy) is 1. The van der Waals surface area contributed by atoms with E-state index in [1.807, 2.05) is 19.9 Å². The summed E-state index contributed by atoms with van der Waals surface area (Å²) in [5.74, 6) is -1.06. The number of rotatable bonds is 6. The van der Waals surface area contributed by atoms with Crippen molar-refractivity contribution in [3.63, 3.8) is 0 Å². The second-order valence-corrected chi connectivity index (χ2v) is 7.75. The summed E-state index contributed by atoms with van der Waals surface area (Å²) in [7, 11) is 1.32. The van der Waals surface area contributed by atoms with Crippen LogP contribution in [0, 0.1) is 24.0 Å². The molecule has 0 unspecified atom stereocenters. The van der Waals surface area contributed by atoms with Crippen molar-refractivity contribution in [1.82, 2.24) is 4.90 Å². The quantitative estimate of drug-likeness (QED) is 0.410. The summed E-state index contributed by atoms with van der Waals surface area (Å²) in [6, 6.07) is 9.65. The van der Waals surface area contributed by atoms with Gasteiger partial charge in [0.25, 0.3) is 11.1 Å². The fourth-order valence-corrected chi connectivity index (χ4v) is 3.79. The zero-order valence-electron chi connectivity index (χ0n) is 17.0. The highest BCUT2D eigenvalue weighted by Crippen LogP contribution is 2.34. The Morgan fingerprint density at radius 2 is 2.00 bits per heavy atom. The highest BCUT2D eigenvalue weighted by Gasteiger charge is 2.36. The van der Waals surface area contributed by atoms with Gasteiger partial charge >= 0.3 is 5.69 Å². The SMILES string of the molecule is COc1ccc(/C=C2/SC(=O)N(CC(=O)Nc3cccc(C)c3C)C2=O)cc1[N+](=O)[O-]. The molecule has 31 heavy (non-hydrogen) atoms. The Kier molecular flexibility index (Phi) is 6.40. The summed E-state index contributed by atoms with van der Waals surface area (Å²) in [6.45, 7) is 3.34. The molecule has 2 aromatic carbocycles. The van der Waals surface area contributed by atoms with Gasteiger partial charge in [0.15, 0.2) is 5.75 Å². The van der Waals surface area contributed by atoms with Crippen molar-refractivity contribution < 1.29 is 24.0 Å². The molecule has 2 aromatic rings. The summed E-state index contributed by atoms with van der Waals surface area (Å²) >= 11 is 0.672. The molecule has 0 bridgehead atoms. The van der Waals surface area contributed by atoms with Gasteiger partial charge in [-0.05, 0) is 60.5 Å². The Bertz CT molecular complexity index is 1130. The van der Waals surface area contributed by atoms with Crippen LogP contribution in [0.1, 0.15) is 16.7 Å². The zero-order valence-corrected chi connectivity index (χ0v) is 17.8. The van der Waals surface area contributed by atoms with Gasteiger partial charge in [0.05, 0.1) is 16.9 Å². The van der Waals surface area contributed by atoms with Crippen molar-refractivity contribution in [2.45, 2.75) is 13.8 Å². The van der Waals surface area contributed by atoms with Crippen LogP contribution in [-0.2, 0) is 9.59 Å². The number of hydrogen-bond donors (Lipinski definition) is 1. The van der Waals surface area contributed by atoms with Crippen molar-refractivity contribution >= 4 is 46.3 Å². The maximum absolute atomic E-state index is 12.6. The molecule has 0 aliphatic carbocycles. The Hall–Kier alpha value is -3.66.